The van der Waals surface area contributed by atoms with Gasteiger partial charge in [0, 0.05) is 35.4 Å². The highest BCUT2D eigenvalue weighted by molar-refractivity contribution is 6.31. The SMILES string of the molecule is Cc1ccc(Cl)cc1NC(=O)c1ccc(N2CCCCCC2)c([N+](=O)[O-])c1. The number of benzene rings is 2. The Morgan fingerprint density at radius 2 is 1.81 bits per heavy atom. The van der Waals surface area contributed by atoms with E-state index in [0.717, 1.165) is 44.3 Å². The van der Waals surface area contributed by atoms with E-state index in [2.05, 4.69) is 5.32 Å². The van der Waals surface area contributed by atoms with Crippen LogP contribution in [0, 0.1) is 17.0 Å². The fraction of sp³-hybridized carbons (Fsp3) is 0.350. The largest absolute Gasteiger partial charge is 0.366 e. The number of halogens is 1. The van der Waals surface area contributed by atoms with E-state index in [-0.39, 0.29) is 11.3 Å². The lowest BCUT2D eigenvalue weighted by Crippen LogP contribution is -2.25. The Morgan fingerprint density at radius 3 is 2.48 bits per heavy atom. The molecule has 0 aliphatic carbocycles. The minimum Gasteiger partial charge on any atom is -0.366 e. The number of nitrogens with one attached hydrogen (secondary N) is 1. The summed E-state index contributed by atoms with van der Waals surface area (Å²) in [5.74, 6) is -0.397. The number of anilines is 2. The van der Waals surface area contributed by atoms with E-state index >= 15 is 0 Å². The molecule has 6 nitrogen and oxygen atoms in total. The second-order valence-electron chi connectivity index (χ2n) is 6.78. The molecule has 7 heteroatoms. The quantitative estimate of drug-likeness (QED) is 0.578. The lowest BCUT2D eigenvalue weighted by Gasteiger charge is -2.22. The summed E-state index contributed by atoms with van der Waals surface area (Å²) in [4.78, 5) is 25.9. The van der Waals surface area contributed by atoms with Crippen molar-refractivity contribution < 1.29 is 9.72 Å². The third-order valence-electron chi connectivity index (χ3n) is 4.83. The molecule has 0 unspecified atom stereocenters. The van der Waals surface area contributed by atoms with Gasteiger partial charge in [-0.2, -0.15) is 0 Å². The normalized spacial score (nSPS) is 14.5. The van der Waals surface area contributed by atoms with Gasteiger partial charge in [-0.3, -0.25) is 14.9 Å². The lowest BCUT2D eigenvalue weighted by atomic mass is 10.1. The van der Waals surface area contributed by atoms with Gasteiger partial charge in [0.2, 0.25) is 0 Å². The zero-order valence-electron chi connectivity index (χ0n) is 15.2. The summed E-state index contributed by atoms with van der Waals surface area (Å²) in [7, 11) is 0. The maximum atomic E-state index is 12.6. The van der Waals surface area contributed by atoms with Gasteiger partial charge in [0.15, 0.2) is 0 Å². The van der Waals surface area contributed by atoms with Crippen LogP contribution in [0.2, 0.25) is 5.02 Å². The van der Waals surface area contributed by atoms with Gasteiger partial charge in [0.1, 0.15) is 5.69 Å². The van der Waals surface area contributed by atoms with Crippen LogP contribution in [-0.4, -0.2) is 23.9 Å². The van der Waals surface area contributed by atoms with Crippen molar-refractivity contribution in [2.75, 3.05) is 23.3 Å². The van der Waals surface area contributed by atoms with Gasteiger partial charge in [-0.05, 0) is 49.6 Å². The minimum absolute atomic E-state index is 0.0348. The van der Waals surface area contributed by atoms with Crippen LogP contribution in [0.4, 0.5) is 17.1 Å². The van der Waals surface area contributed by atoms with Crippen molar-refractivity contribution in [1.29, 1.82) is 0 Å². The van der Waals surface area contributed by atoms with Crippen molar-refractivity contribution in [2.45, 2.75) is 32.6 Å². The average Bonchev–Trinajstić information content (AvgIpc) is 2.93. The van der Waals surface area contributed by atoms with Crippen molar-refractivity contribution in [2.24, 2.45) is 0 Å². The van der Waals surface area contributed by atoms with Crippen molar-refractivity contribution in [3.8, 4) is 0 Å². The number of amides is 1. The van der Waals surface area contributed by atoms with Crippen LogP contribution in [0.15, 0.2) is 36.4 Å². The van der Waals surface area contributed by atoms with Gasteiger partial charge >= 0.3 is 0 Å². The molecule has 0 saturated carbocycles. The lowest BCUT2D eigenvalue weighted by molar-refractivity contribution is -0.384. The van der Waals surface area contributed by atoms with E-state index in [1.54, 1.807) is 24.3 Å². The number of rotatable bonds is 4. The summed E-state index contributed by atoms with van der Waals surface area (Å²) in [5.41, 5.74) is 2.25. The molecular weight excluding hydrogens is 366 g/mol. The molecule has 0 radical (unpaired) electrons. The standard InChI is InChI=1S/C20H22ClN3O3/c1-14-6-8-16(21)13-17(14)22-20(25)15-7-9-18(19(12-15)24(26)27)23-10-4-2-3-5-11-23/h6-9,12-13H,2-5,10-11H2,1H3,(H,22,25). The van der Waals surface area contributed by atoms with E-state index in [0.29, 0.717) is 16.4 Å². The van der Waals surface area contributed by atoms with Crippen LogP contribution >= 0.6 is 11.6 Å². The first-order chi connectivity index (χ1) is 13.0. The highest BCUT2D eigenvalue weighted by atomic mass is 35.5. The number of carbonyl (C=O) groups excluding carboxylic acids is 1. The second kappa shape index (κ2) is 8.39. The summed E-state index contributed by atoms with van der Waals surface area (Å²) in [6.07, 6.45) is 4.33. The second-order valence-corrected chi connectivity index (χ2v) is 7.21. The first kappa shape index (κ1) is 19.2. The predicted molar refractivity (Wildman–Crippen MR) is 108 cm³/mol. The highest BCUT2D eigenvalue weighted by Crippen LogP contribution is 2.31. The van der Waals surface area contributed by atoms with Gasteiger partial charge in [-0.15, -0.1) is 0 Å². The highest BCUT2D eigenvalue weighted by Gasteiger charge is 2.23. The smallest absolute Gasteiger partial charge is 0.293 e. The van der Waals surface area contributed by atoms with Gasteiger partial charge in [-0.25, -0.2) is 0 Å². The van der Waals surface area contributed by atoms with Crippen LogP contribution in [0.25, 0.3) is 0 Å². The Bertz CT molecular complexity index is 862. The molecule has 1 N–H and O–H groups in total. The molecule has 2 aromatic rings. The summed E-state index contributed by atoms with van der Waals surface area (Å²) < 4.78 is 0. The van der Waals surface area contributed by atoms with Gasteiger partial charge < -0.3 is 10.2 Å². The average molecular weight is 388 g/mol. The maximum absolute atomic E-state index is 12.6. The Kier molecular flexibility index (Phi) is 5.96. The van der Waals surface area contributed by atoms with E-state index in [9.17, 15) is 14.9 Å². The molecule has 0 spiro atoms. The van der Waals surface area contributed by atoms with Crippen LogP contribution in [0.3, 0.4) is 0 Å². The van der Waals surface area contributed by atoms with Gasteiger partial charge in [-0.1, -0.05) is 30.5 Å². The Morgan fingerprint density at radius 1 is 1.11 bits per heavy atom. The van der Waals surface area contributed by atoms with Crippen molar-refractivity contribution in [3.05, 3.63) is 62.7 Å². The predicted octanol–water partition coefficient (Wildman–Crippen LogP) is 5.19. The van der Waals surface area contributed by atoms with Crippen molar-refractivity contribution >= 4 is 34.6 Å². The third-order valence-corrected chi connectivity index (χ3v) is 5.06. The van der Waals surface area contributed by atoms with E-state index in [4.69, 9.17) is 11.6 Å². The summed E-state index contributed by atoms with van der Waals surface area (Å²) in [5, 5.41) is 14.9. The number of nitrogens with zero attached hydrogens (tertiary/aromatic N) is 2. The molecule has 1 fully saturated rings. The number of nitro groups is 1. The van der Waals surface area contributed by atoms with Crippen molar-refractivity contribution in [1.82, 2.24) is 0 Å². The minimum atomic E-state index is -0.415. The molecule has 1 saturated heterocycles. The number of hydrogen-bond donors (Lipinski definition) is 1. The molecule has 1 aliphatic heterocycles. The summed E-state index contributed by atoms with van der Waals surface area (Å²) in [6.45, 7) is 3.46. The zero-order valence-corrected chi connectivity index (χ0v) is 16.0. The molecule has 3 rings (SSSR count). The third kappa shape index (κ3) is 4.57. The summed E-state index contributed by atoms with van der Waals surface area (Å²) >= 11 is 5.99. The van der Waals surface area contributed by atoms with Crippen LogP contribution in [-0.2, 0) is 0 Å². The zero-order chi connectivity index (χ0) is 19.4. The molecule has 0 atom stereocenters. The molecular formula is C20H22ClN3O3. The molecule has 0 aromatic heterocycles. The molecule has 0 bridgehead atoms. The van der Waals surface area contributed by atoms with Gasteiger partial charge in [0.05, 0.1) is 4.92 Å². The maximum Gasteiger partial charge on any atom is 0.293 e. The summed E-state index contributed by atoms with van der Waals surface area (Å²) in [6, 6.07) is 9.89. The van der Waals surface area contributed by atoms with E-state index < -0.39 is 10.8 Å². The number of aryl methyl sites for hydroxylation is 1. The van der Waals surface area contributed by atoms with Crippen LogP contribution < -0.4 is 10.2 Å². The van der Waals surface area contributed by atoms with Crippen LogP contribution in [0.5, 0.6) is 0 Å². The monoisotopic (exact) mass is 387 g/mol. The molecule has 1 amide bonds. The first-order valence-electron chi connectivity index (χ1n) is 9.06. The van der Waals surface area contributed by atoms with Gasteiger partial charge in [0.25, 0.3) is 11.6 Å². The molecule has 2 aromatic carbocycles. The Hall–Kier alpha value is -2.60. The fourth-order valence-electron chi connectivity index (χ4n) is 3.31. The first-order valence-corrected chi connectivity index (χ1v) is 9.44. The molecule has 27 heavy (non-hydrogen) atoms. The van der Waals surface area contributed by atoms with E-state index in [1.807, 2.05) is 17.9 Å². The number of nitro benzene ring substituents is 1. The molecule has 142 valence electrons. The number of carbonyl (C=O) groups is 1. The van der Waals surface area contributed by atoms with Crippen LogP contribution in [0.1, 0.15) is 41.6 Å². The fourth-order valence-corrected chi connectivity index (χ4v) is 3.49. The Balaban J connectivity index is 1.87. The number of hydrogen-bond acceptors (Lipinski definition) is 4. The van der Waals surface area contributed by atoms with Crippen molar-refractivity contribution in [3.63, 3.8) is 0 Å². The topological polar surface area (TPSA) is 75.5 Å². The molecule has 1 heterocycles. The van der Waals surface area contributed by atoms with E-state index in [1.165, 1.54) is 6.07 Å². The molecule has 1 aliphatic rings. The Labute approximate surface area is 163 Å².